The first-order valence-electron chi connectivity index (χ1n) is 10.4. The Morgan fingerprint density at radius 1 is 1.21 bits per heavy atom. The molecule has 1 aromatic carbocycles. The van der Waals surface area contributed by atoms with Crippen LogP contribution in [-0.2, 0) is 0 Å². The molecule has 0 bridgehead atoms. The van der Waals surface area contributed by atoms with Crippen LogP contribution < -0.4 is 5.32 Å². The van der Waals surface area contributed by atoms with E-state index in [1.54, 1.807) is 11.8 Å². The van der Waals surface area contributed by atoms with E-state index < -0.39 is 0 Å². The number of halogens is 1. The fourth-order valence-corrected chi connectivity index (χ4v) is 5.54. The quantitative estimate of drug-likeness (QED) is 0.330. The van der Waals surface area contributed by atoms with Crippen LogP contribution in [0.5, 0.6) is 0 Å². The number of carbonyl (C=O) groups is 1. The number of carbonyl (C=O) groups excluding carboxylic acids is 1. The van der Waals surface area contributed by atoms with Crippen LogP contribution in [0.2, 0.25) is 5.02 Å². The van der Waals surface area contributed by atoms with Gasteiger partial charge < -0.3 is 5.32 Å². The SMILES string of the molecule is CSCC[C@H](NC(=O)c1cc2c(C)nn(-c3ccccc3Cl)c2s1)c1nnc2ccccn12. The molecule has 0 saturated carbocycles. The van der Waals surface area contributed by atoms with E-state index in [9.17, 15) is 4.79 Å². The molecule has 33 heavy (non-hydrogen) atoms. The lowest BCUT2D eigenvalue weighted by Gasteiger charge is -2.16. The Balaban J connectivity index is 1.48. The lowest BCUT2D eigenvalue weighted by molar-refractivity contribution is 0.0938. The van der Waals surface area contributed by atoms with Gasteiger partial charge in [0, 0.05) is 11.6 Å². The minimum Gasteiger partial charge on any atom is -0.341 e. The van der Waals surface area contributed by atoms with Crippen molar-refractivity contribution >= 4 is 56.5 Å². The molecule has 0 aliphatic heterocycles. The van der Waals surface area contributed by atoms with Crippen molar-refractivity contribution in [3.05, 3.63) is 76.1 Å². The predicted molar refractivity (Wildman–Crippen MR) is 135 cm³/mol. The molecule has 5 rings (SSSR count). The van der Waals surface area contributed by atoms with Crippen LogP contribution in [0.15, 0.2) is 54.7 Å². The zero-order chi connectivity index (χ0) is 22.9. The van der Waals surface area contributed by atoms with Gasteiger partial charge >= 0.3 is 0 Å². The van der Waals surface area contributed by atoms with E-state index in [-0.39, 0.29) is 11.9 Å². The van der Waals surface area contributed by atoms with E-state index in [4.69, 9.17) is 11.6 Å². The largest absolute Gasteiger partial charge is 0.341 e. The van der Waals surface area contributed by atoms with Gasteiger partial charge in [-0.25, -0.2) is 4.68 Å². The highest BCUT2D eigenvalue weighted by Crippen LogP contribution is 2.33. The molecule has 0 fully saturated rings. The number of aromatic nitrogens is 5. The maximum absolute atomic E-state index is 13.3. The number of amides is 1. The Kier molecular flexibility index (Phi) is 6.09. The Hall–Kier alpha value is -2.88. The molecule has 5 aromatic rings. The van der Waals surface area contributed by atoms with Crippen molar-refractivity contribution < 1.29 is 4.79 Å². The van der Waals surface area contributed by atoms with Crippen LogP contribution in [0.4, 0.5) is 0 Å². The van der Waals surface area contributed by atoms with Gasteiger partial charge in [-0.2, -0.15) is 16.9 Å². The summed E-state index contributed by atoms with van der Waals surface area (Å²) < 4.78 is 3.74. The summed E-state index contributed by atoms with van der Waals surface area (Å²) in [4.78, 5) is 14.8. The number of aryl methyl sites for hydroxylation is 1. The van der Waals surface area contributed by atoms with Crippen LogP contribution >= 0.6 is 34.7 Å². The summed E-state index contributed by atoms with van der Waals surface area (Å²) in [7, 11) is 0. The van der Waals surface area contributed by atoms with Gasteiger partial charge in [-0.1, -0.05) is 29.8 Å². The number of benzene rings is 1. The minimum absolute atomic E-state index is 0.139. The van der Waals surface area contributed by atoms with Crippen LogP contribution in [0.1, 0.15) is 33.7 Å². The van der Waals surface area contributed by atoms with E-state index in [2.05, 4.69) is 26.9 Å². The van der Waals surface area contributed by atoms with Crippen molar-refractivity contribution in [2.24, 2.45) is 0 Å². The Morgan fingerprint density at radius 3 is 2.85 bits per heavy atom. The van der Waals surface area contributed by atoms with E-state index in [1.165, 1.54) is 11.3 Å². The Bertz CT molecular complexity index is 1460. The molecule has 0 spiro atoms. The number of thiophene rings is 1. The first-order chi connectivity index (χ1) is 16.1. The molecule has 168 valence electrons. The Morgan fingerprint density at radius 2 is 2.03 bits per heavy atom. The van der Waals surface area contributed by atoms with Gasteiger partial charge in [0.15, 0.2) is 11.5 Å². The number of hydrogen-bond donors (Lipinski definition) is 1. The fourth-order valence-electron chi connectivity index (χ4n) is 3.77. The number of para-hydroxylation sites is 1. The van der Waals surface area contributed by atoms with Crippen molar-refractivity contribution in [2.75, 3.05) is 12.0 Å². The van der Waals surface area contributed by atoms with E-state index in [1.807, 2.05) is 70.7 Å². The molecular weight excluding hydrogens is 476 g/mol. The first-order valence-corrected chi connectivity index (χ1v) is 13.0. The summed E-state index contributed by atoms with van der Waals surface area (Å²) >= 11 is 9.55. The second-order valence-corrected chi connectivity index (χ2v) is 10.00. The van der Waals surface area contributed by atoms with Crippen molar-refractivity contribution in [3.63, 3.8) is 0 Å². The molecule has 1 N–H and O–H groups in total. The maximum Gasteiger partial charge on any atom is 0.262 e. The van der Waals surface area contributed by atoms with Crippen molar-refractivity contribution in [1.82, 2.24) is 29.7 Å². The molecule has 0 unspecified atom stereocenters. The van der Waals surface area contributed by atoms with Crippen molar-refractivity contribution in [1.29, 1.82) is 0 Å². The predicted octanol–water partition coefficient (Wildman–Crippen LogP) is 5.32. The molecule has 4 aromatic heterocycles. The Labute approximate surface area is 203 Å². The average Bonchev–Trinajstić information content (AvgIpc) is 3.52. The van der Waals surface area contributed by atoms with Crippen LogP contribution in [0, 0.1) is 6.92 Å². The van der Waals surface area contributed by atoms with Gasteiger partial charge in [0.05, 0.1) is 27.3 Å². The molecule has 0 radical (unpaired) electrons. The zero-order valence-electron chi connectivity index (χ0n) is 18.0. The molecule has 0 aliphatic carbocycles. The molecule has 1 amide bonds. The van der Waals surface area contributed by atoms with Crippen LogP contribution in [0.3, 0.4) is 0 Å². The summed E-state index contributed by atoms with van der Waals surface area (Å²) in [6.07, 6.45) is 4.72. The van der Waals surface area contributed by atoms with E-state index in [0.29, 0.717) is 9.90 Å². The minimum atomic E-state index is -0.256. The molecule has 0 saturated heterocycles. The van der Waals surface area contributed by atoms with Crippen molar-refractivity contribution in [2.45, 2.75) is 19.4 Å². The lowest BCUT2D eigenvalue weighted by atomic mass is 10.2. The van der Waals surface area contributed by atoms with Gasteiger partial charge in [0.2, 0.25) is 0 Å². The number of nitrogens with one attached hydrogen (secondary N) is 1. The van der Waals surface area contributed by atoms with Gasteiger partial charge in [-0.05, 0) is 55.7 Å². The molecule has 0 aliphatic rings. The average molecular weight is 497 g/mol. The normalized spacial score (nSPS) is 12.5. The van der Waals surface area contributed by atoms with Gasteiger partial charge in [-0.3, -0.25) is 9.20 Å². The number of nitrogens with zero attached hydrogens (tertiary/aromatic N) is 5. The number of pyridine rings is 1. The summed E-state index contributed by atoms with van der Waals surface area (Å²) in [5.74, 6) is 1.48. The molecule has 10 heteroatoms. The molecule has 7 nitrogen and oxygen atoms in total. The maximum atomic E-state index is 13.3. The summed E-state index contributed by atoms with van der Waals surface area (Å²) in [6, 6.07) is 15.0. The van der Waals surface area contributed by atoms with Gasteiger partial charge in [0.25, 0.3) is 5.91 Å². The third-order valence-corrected chi connectivity index (χ3v) is 7.49. The highest BCUT2D eigenvalue weighted by molar-refractivity contribution is 7.98. The topological polar surface area (TPSA) is 77.1 Å². The van der Waals surface area contributed by atoms with Crippen molar-refractivity contribution in [3.8, 4) is 5.69 Å². The number of fused-ring (bicyclic) bond motifs is 2. The van der Waals surface area contributed by atoms with Gasteiger partial charge in [-0.15, -0.1) is 21.5 Å². The zero-order valence-corrected chi connectivity index (χ0v) is 20.4. The number of hydrogen-bond acceptors (Lipinski definition) is 6. The standard InChI is InChI=1S/C23H21ClN6OS2/c1-14-15-13-19(33-23(15)30(28-14)18-8-4-3-7-16(18)24)22(31)25-17(10-12-32-2)21-27-26-20-9-5-6-11-29(20)21/h3-9,11,13,17H,10,12H2,1-2H3,(H,25,31)/t17-/m0/s1. The summed E-state index contributed by atoms with van der Waals surface area (Å²) in [6.45, 7) is 1.94. The third kappa shape index (κ3) is 4.12. The molecule has 1 atom stereocenters. The van der Waals surface area contributed by atoms with Gasteiger partial charge in [0.1, 0.15) is 4.83 Å². The molecule has 4 heterocycles. The number of thioether (sulfide) groups is 1. The third-order valence-electron chi connectivity index (χ3n) is 5.42. The van der Waals surface area contributed by atoms with Crippen LogP contribution in [0.25, 0.3) is 21.6 Å². The lowest BCUT2D eigenvalue weighted by Crippen LogP contribution is -2.30. The summed E-state index contributed by atoms with van der Waals surface area (Å²) in [5, 5.41) is 18.0. The highest BCUT2D eigenvalue weighted by Gasteiger charge is 2.23. The van der Waals surface area contributed by atoms with Crippen LogP contribution in [-0.4, -0.2) is 42.3 Å². The fraction of sp³-hybridized carbons (Fsp3) is 0.217. The van der Waals surface area contributed by atoms with E-state index >= 15 is 0 Å². The summed E-state index contributed by atoms with van der Waals surface area (Å²) in [5.41, 5.74) is 2.40. The second kappa shape index (κ2) is 9.17. The second-order valence-electron chi connectivity index (χ2n) is 7.57. The number of rotatable bonds is 7. The molecular formula is C23H21ClN6OS2. The monoisotopic (exact) mass is 496 g/mol. The smallest absolute Gasteiger partial charge is 0.262 e. The highest BCUT2D eigenvalue weighted by atomic mass is 35.5. The van der Waals surface area contributed by atoms with E-state index in [0.717, 1.165) is 45.2 Å². The first kappa shape index (κ1) is 21.9.